The first-order valence-corrected chi connectivity index (χ1v) is 15.0. The Kier molecular flexibility index (Phi) is 11.8. The SMILES string of the molecule is COC1C(OCc2ccccc2)[C@@H](OC)OC(COCc2ccccc2)[C@H]1O[C@@H]1OC2COC(C)(C)O[C@H]2[C@@H](OC)C1OC. The Labute approximate surface area is 259 Å². The van der Waals surface area contributed by atoms with Gasteiger partial charge in [0.05, 0.1) is 26.4 Å². The second-order valence-corrected chi connectivity index (χ2v) is 11.6. The van der Waals surface area contributed by atoms with E-state index in [-0.39, 0.29) is 6.61 Å². The van der Waals surface area contributed by atoms with Crippen LogP contribution in [-0.4, -0.2) is 109 Å². The molecule has 11 nitrogen and oxygen atoms in total. The number of rotatable bonds is 13. The van der Waals surface area contributed by atoms with Gasteiger partial charge < -0.3 is 52.1 Å². The molecule has 0 aliphatic carbocycles. The van der Waals surface area contributed by atoms with Gasteiger partial charge in [-0.1, -0.05) is 60.7 Å². The lowest BCUT2D eigenvalue weighted by molar-refractivity contribution is -0.403. The summed E-state index contributed by atoms with van der Waals surface area (Å²) in [5.41, 5.74) is 2.05. The smallest absolute Gasteiger partial charge is 0.187 e. The molecule has 44 heavy (non-hydrogen) atoms. The molecule has 3 heterocycles. The first kappa shape index (κ1) is 33.4. The van der Waals surface area contributed by atoms with E-state index in [1.54, 1.807) is 28.4 Å². The molecule has 0 aromatic heterocycles. The molecule has 0 N–H and O–H groups in total. The van der Waals surface area contributed by atoms with E-state index in [4.69, 9.17) is 52.1 Å². The summed E-state index contributed by atoms with van der Waals surface area (Å²) in [7, 11) is 6.42. The molecule has 0 saturated carbocycles. The van der Waals surface area contributed by atoms with E-state index in [1.165, 1.54) is 0 Å². The lowest BCUT2D eigenvalue weighted by atomic mass is 9.95. The summed E-state index contributed by atoms with van der Waals surface area (Å²) in [6.07, 6.45) is -6.10. The molecule has 244 valence electrons. The molecule has 3 aliphatic heterocycles. The highest BCUT2D eigenvalue weighted by Crippen LogP contribution is 2.37. The maximum Gasteiger partial charge on any atom is 0.187 e. The number of fused-ring (bicyclic) bond motifs is 1. The Morgan fingerprint density at radius 1 is 0.682 bits per heavy atom. The molecule has 0 amide bonds. The first-order chi connectivity index (χ1) is 21.4. The van der Waals surface area contributed by atoms with E-state index in [9.17, 15) is 0 Å². The minimum Gasteiger partial charge on any atom is -0.376 e. The molecule has 11 heteroatoms. The van der Waals surface area contributed by atoms with Crippen molar-refractivity contribution >= 4 is 0 Å². The van der Waals surface area contributed by atoms with Crippen molar-refractivity contribution in [2.75, 3.05) is 41.7 Å². The van der Waals surface area contributed by atoms with Crippen molar-refractivity contribution in [1.29, 1.82) is 0 Å². The van der Waals surface area contributed by atoms with Crippen molar-refractivity contribution in [2.24, 2.45) is 0 Å². The summed E-state index contributed by atoms with van der Waals surface area (Å²) in [5.74, 6) is -0.786. The lowest BCUT2D eigenvalue weighted by Gasteiger charge is -2.52. The van der Waals surface area contributed by atoms with Crippen LogP contribution in [0.2, 0.25) is 0 Å². The fourth-order valence-electron chi connectivity index (χ4n) is 6.02. The molecule has 3 saturated heterocycles. The van der Waals surface area contributed by atoms with Crippen LogP contribution in [0.1, 0.15) is 25.0 Å². The highest BCUT2D eigenvalue weighted by atomic mass is 16.8. The number of ether oxygens (including phenoxy) is 11. The molecule has 5 unspecified atom stereocenters. The molecule has 0 spiro atoms. The molecule has 0 radical (unpaired) electrons. The molecule has 10 atom stereocenters. The fourth-order valence-corrected chi connectivity index (χ4v) is 6.02. The van der Waals surface area contributed by atoms with Crippen LogP contribution in [0.5, 0.6) is 0 Å². The highest BCUT2D eigenvalue weighted by Gasteiger charge is 2.55. The van der Waals surface area contributed by atoms with Crippen LogP contribution in [0.25, 0.3) is 0 Å². The fraction of sp³-hybridized carbons (Fsp3) is 0.636. The van der Waals surface area contributed by atoms with Gasteiger partial charge in [-0.2, -0.15) is 0 Å². The highest BCUT2D eigenvalue weighted by molar-refractivity contribution is 5.14. The molecule has 0 bridgehead atoms. The normalized spacial score (nSPS) is 35.2. The largest absolute Gasteiger partial charge is 0.376 e. The average molecular weight is 619 g/mol. The zero-order chi connectivity index (χ0) is 31.1. The topological polar surface area (TPSA) is 102 Å². The van der Waals surface area contributed by atoms with E-state index in [2.05, 4.69) is 0 Å². The van der Waals surface area contributed by atoms with Gasteiger partial charge in [0.15, 0.2) is 18.4 Å². The second kappa shape index (κ2) is 15.5. The van der Waals surface area contributed by atoms with Gasteiger partial charge in [-0.25, -0.2) is 0 Å². The van der Waals surface area contributed by atoms with Crippen molar-refractivity contribution in [3.8, 4) is 0 Å². The van der Waals surface area contributed by atoms with Gasteiger partial charge in [-0.3, -0.25) is 0 Å². The van der Waals surface area contributed by atoms with Crippen LogP contribution in [-0.2, 0) is 65.3 Å². The zero-order valence-electron chi connectivity index (χ0n) is 26.4. The third-order valence-electron chi connectivity index (χ3n) is 8.22. The Morgan fingerprint density at radius 2 is 1.32 bits per heavy atom. The number of methoxy groups -OCH3 is 4. The van der Waals surface area contributed by atoms with Crippen LogP contribution in [0.15, 0.2) is 60.7 Å². The van der Waals surface area contributed by atoms with E-state index < -0.39 is 67.2 Å². The zero-order valence-corrected chi connectivity index (χ0v) is 26.4. The Bertz CT molecular complexity index is 1120. The van der Waals surface area contributed by atoms with E-state index in [0.29, 0.717) is 19.8 Å². The third kappa shape index (κ3) is 7.86. The van der Waals surface area contributed by atoms with Crippen LogP contribution in [0, 0.1) is 0 Å². The van der Waals surface area contributed by atoms with Crippen LogP contribution >= 0.6 is 0 Å². The Morgan fingerprint density at radius 3 is 1.93 bits per heavy atom. The van der Waals surface area contributed by atoms with Crippen molar-refractivity contribution < 1.29 is 52.1 Å². The molecular formula is C33H46O11. The predicted octanol–water partition coefficient (Wildman–Crippen LogP) is 3.47. The van der Waals surface area contributed by atoms with Crippen LogP contribution in [0.3, 0.4) is 0 Å². The molecule has 5 rings (SSSR count). The van der Waals surface area contributed by atoms with Gasteiger partial charge in [0.1, 0.15) is 48.8 Å². The number of benzene rings is 2. The third-order valence-corrected chi connectivity index (χ3v) is 8.22. The van der Waals surface area contributed by atoms with E-state index in [1.807, 2.05) is 74.5 Å². The van der Waals surface area contributed by atoms with Gasteiger partial charge in [0.25, 0.3) is 0 Å². The van der Waals surface area contributed by atoms with Crippen molar-refractivity contribution in [2.45, 2.75) is 94.3 Å². The predicted molar refractivity (Wildman–Crippen MR) is 158 cm³/mol. The van der Waals surface area contributed by atoms with Crippen LogP contribution < -0.4 is 0 Å². The molecule has 2 aromatic carbocycles. The van der Waals surface area contributed by atoms with Gasteiger partial charge in [0.2, 0.25) is 0 Å². The maximum atomic E-state index is 6.76. The monoisotopic (exact) mass is 618 g/mol. The summed E-state index contributed by atoms with van der Waals surface area (Å²) in [5, 5.41) is 0. The van der Waals surface area contributed by atoms with Gasteiger partial charge in [0, 0.05) is 28.4 Å². The summed E-state index contributed by atoms with van der Waals surface area (Å²) < 4.78 is 68.0. The maximum absolute atomic E-state index is 6.76. The first-order valence-electron chi connectivity index (χ1n) is 15.0. The standard InChI is InChI=1S/C33H46O11/c1-33(2)40-20-24-26(44-33)28(35-4)29(36-5)32(42-24)43-25-23(19-38-17-21-13-9-7-10-14-21)41-31(37-6)30(27(25)34-3)39-18-22-15-11-8-12-16-22/h7-16,23-32H,17-20H2,1-6H3/t23?,24?,25-,26-,27?,28-,29?,30?,31+,32+/m1/s1. The molecule has 2 aromatic rings. The van der Waals surface area contributed by atoms with E-state index in [0.717, 1.165) is 11.1 Å². The summed E-state index contributed by atoms with van der Waals surface area (Å²) in [6, 6.07) is 19.8. The van der Waals surface area contributed by atoms with Crippen molar-refractivity contribution in [1.82, 2.24) is 0 Å². The van der Waals surface area contributed by atoms with Crippen molar-refractivity contribution in [3.63, 3.8) is 0 Å². The lowest BCUT2D eigenvalue weighted by Crippen LogP contribution is -2.68. The minimum absolute atomic E-state index is 0.204. The Balaban J connectivity index is 1.38. The van der Waals surface area contributed by atoms with Gasteiger partial charge in [-0.15, -0.1) is 0 Å². The van der Waals surface area contributed by atoms with Crippen LogP contribution in [0.4, 0.5) is 0 Å². The average Bonchev–Trinajstić information content (AvgIpc) is 3.04. The Hall–Kier alpha value is -2.00. The van der Waals surface area contributed by atoms with Gasteiger partial charge >= 0.3 is 0 Å². The summed E-state index contributed by atoms with van der Waals surface area (Å²) in [6.45, 7) is 4.97. The van der Waals surface area contributed by atoms with E-state index >= 15 is 0 Å². The molecule has 3 aliphatic rings. The molecular weight excluding hydrogens is 572 g/mol. The minimum atomic E-state index is -0.864. The quantitative estimate of drug-likeness (QED) is 0.330. The summed E-state index contributed by atoms with van der Waals surface area (Å²) in [4.78, 5) is 0. The number of hydrogen-bond donors (Lipinski definition) is 0. The second-order valence-electron chi connectivity index (χ2n) is 11.6. The van der Waals surface area contributed by atoms with Crippen molar-refractivity contribution in [3.05, 3.63) is 71.8 Å². The molecule has 3 fully saturated rings. The van der Waals surface area contributed by atoms with Gasteiger partial charge in [-0.05, 0) is 25.0 Å². The number of hydrogen-bond acceptors (Lipinski definition) is 11. The summed E-state index contributed by atoms with van der Waals surface area (Å²) >= 11 is 0.